The molecule has 1 rings (SSSR count). The molecule has 1 heterocycles. The predicted octanol–water partition coefficient (Wildman–Crippen LogP) is 1.53. The minimum atomic E-state index is -0.461. The lowest BCUT2D eigenvalue weighted by Gasteiger charge is -2.10. The van der Waals surface area contributed by atoms with Crippen molar-refractivity contribution < 1.29 is 14.3 Å². The van der Waals surface area contributed by atoms with Crippen LogP contribution < -0.4 is 5.32 Å². The van der Waals surface area contributed by atoms with E-state index in [0.29, 0.717) is 23.6 Å². The molecule has 1 N–H and O–H groups in total. The van der Waals surface area contributed by atoms with Gasteiger partial charge in [0, 0.05) is 13.1 Å². The molecule has 1 aromatic heterocycles. The smallest absolute Gasteiger partial charge is 0.340 e. The van der Waals surface area contributed by atoms with E-state index in [9.17, 15) is 9.59 Å². The Labute approximate surface area is 93.8 Å². The van der Waals surface area contributed by atoms with Gasteiger partial charge in [0.1, 0.15) is 0 Å². The van der Waals surface area contributed by atoms with Gasteiger partial charge in [-0.15, -0.1) is 0 Å². The molecule has 0 saturated carbocycles. The van der Waals surface area contributed by atoms with Crippen LogP contribution in [0.25, 0.3) is 0 Å². The van der Waals surface area contributed by atoms with Crippen LogP contribution in [0, 0.1) is 6.92 Å². The van der Waals surface area contributed by atoms with E-state index in [1.165, 1.54) is 19.2 Å². The monoisotopic (exact) mass is 222 g/mol. The maximum absolute atomic E-state index is 11.6. The molecule has 1 aromatic rings. The van der Waals surface area contributed by atoms with Crippen LogP contribution in [-0.2, 0) is 9.53 Å². The lowest BCUT2D eigenvalue weighted by molar-refractivity contribution is -0.114. The number of aromatic nitrogens is 1. The third-order valence-electron chi connectivity index (χ3n) is 1.94. The summed E-state index contributed by atoms with van der Waals surface area (Å²) >= 11 is 0. The summed E-state index contributed by atoms with van der Waals surface area (Å²) in [6.45, 7) is 5.11. The number of anilines is 1. The van der Waals surface area contributed by atoms with Gasteiger partial charge in [-0.25, -0.2) is 4.79 Å². The van der Waals surface area contributed by atoms with Gasteiger partial charge in [0.15, 0.2) is 0 Å². The molecule has 0 radical (unpaired) electrons. The number of pyridine rings is 1. The number of nitrogens with one attached hydrogen (secondary N) is 1. The van der Waals surface area contributed by atoms with Crippen molar-refractivity contribution in [3.8, 4) is 0 Å². The maximum Gasteiger partial charge on any atom is 0.340 e. The Kier molecular flexibility index (Phi) is 3.99. The van der Waals surface area contributed by atoms with Crippen LogP contribution in [0.3, 0.4) is 0 Å². The van der Waals surface area contributed by atoms with E-state index in [4.69, 9.17) is 4.74 Å². The molecule has 0 aromatic carbocycles. The van der Waals surface area contributed by atoms with Crippen LogP contribution in [0.5, 0.6) is 0 Å². The molecule has 0 unspecified atom stereocenters. The van der Waals surface area contributed by atoms with E-state index in [0.717, 1.165) is 0 Å². The summed E-state index contributed by atoms with van der Waals surface area (Å²) in [5.74, 6) is -0.710. The largest absolute Gasteiger partial charge is 0.462 e. The Hall–Kier alpha value is -1.91. The normalized spacial score (nSPS) is 9.69. The summed E-state index contributed by atoms with van der Waals surface area (Å²) in [4.78, 5) is 26.6. The van der Waals surface area contributed by atoms with Crippen molar-refractivity contribution in [2.75, 3.05) is 11.9 Å². The number of carbonyl (C=O) groups is 2. The molecule has 0 fully saturated rings. The number of hydrogen-bond donors (Lipinski definition) is 1. The topological polar surface area (TPSA) is 68.3 Å². The zero-order valence-electron chi connectivity index (χ0n) is 9.53. The van der Waals surface area contributed by atoms with Gasteiger partial charge < -0.3 is 10.1 Å². The summed E-state index contributed by atoms with van der Waals surface area (Å²) < 4.78 is 4.89. The van der Waals surface area contributed by atoms with E-state index in [1.54, 1.807) is 13.8 Å². The highest BCUT2D eigenvalue weighted by Crippen LogP contribution is 2.19. The second-order valence-electron chi connectivity index (χ2n) is 3.22. The molecule has 0 bridgehead atoms. The lowest BCUT2D eigenvalue weighted by Crippen LogP contribution is -2.14. The van der Waals surface area contributed by atoms with Crippen molar-refractivity contribution in [1.82, 2.24) is 4.98 Å². The first-order valence-corrected chi connectivity index (χ1v) is 4.96. The number of carbonyl (C=O) groups excluding carboxylic acids is 2. The van der Waals surface area contributed by atoms with E-state index in [1.807, 2.05) is 0 Å². The zero-order chi connectivity index (χ0) is 12.1. The number of aryl methyl sites for hydroxylation is 1. The minimum absolute atomic E-state index is 0.248. The van der Waals surface area contributed by atoms with Gasteiger partial charge in [0.05, 0.1) is 23.6 Å². The third kappa shape index (κ3) is 2.79. The third-order valence-corrected chi connectivity index (χ3v) is 1.94. The Bertz CT molecular complexity index is 416. The fourth-order valence-corrected chi connectivity index (χ4v) is 1.28. The Morgan fingerprint density at radius 1 is 1.50 bits per heavy atom. The van der Waals surface area contributed by atoms with Gasteiger partial charge in [-0.1, -0.05) is 0 Å². The second-order valence-corrected chi connectivity index (χ2v) is 3.22. The van der Waals surface area contributed by atoms with Crippen molar-refractivity contribution in [3.63, 3.8) is 0 Å². The van der Waals surface area contributed by atoms with Gasteiger partial charge in [-0.2, -0.15) is 0 Å². The Morgan fingerprint density at radius 2 is 2.19 bits per heavy atom. The van der Waals surface area contributed by atoms with Crippen molar-refractivity contribution in [1.29, 1.82) is 0 Å². The molecule has 0 aliphatic rings. The molecule has 0 aliphatic carbocycles. The zero-order valence-corrected chi connectivity index (χ0v) is 9.53. The lowest BCUT2D eigenvalue weighted by atomic mass is 10.2. The summed E-state index contributed by atoms with van der Waals surface area (Å²) in [5, 5.41) is 2.58. The van der Waals surface area contributed by atoms with E-state index in [2.05, 4.69) is 10.3 Å². The van der Waals surface area contributed by atoms with Gasteiger partial charge in [-0.05, 0) is 19.9 Å². The standard InChI is InChI=1S/C11H14N2O3/c1-4-16-11(15)9-5-6-12-7(2)10(9)13-8(3)14/h5-6H,4H2,1-3H3,(H,13,14). The maximum atomic E-state index is 11.6. The van der Waals surface area contributed by atoms with Crippen molar-refractivity contribution in [2.45, 2.75) is 20.8 Å². The van der Waals surface area contributed by atoms with Gasteiger partial charge >= 0.3 is 5.97 Å². The molecule has 5 nitrogen and oxygen atoms in total. The van der Waals surface area contributed by atoms with Crippen molar-refractivity contribution in [3.05, 3.63) is 23.5 Å². The predicted molar refractivity (Wildman–Crippen MR) is 59.2 cm³/mol. The van der Waals surface area contributed by atoms with Gasteiger partial charge in [-0.3, -0.25) is 9.78 Å². The van der Waals surface area contributed by atoms with Crippen LogP contribution in [0.1, 0.15) is 29.9 Å². The molecule has 0 spiro atoms. The molecule has 1 amide bonds. The first-order chi connectivity index (χ1) is 7.56. The van der Waals surface area contributed by atoms with Crippen molar-refractivity contribution >= 4 is 17.6 Å². The summed E-state index contributed by atoms with van der Waals surface area (Å²) in [7, 11) is 0. The second kappa shape index (κ2) is 5.25. The van der Waals surface area contributed by atoms with Crippen LogP contribution in [0.15, 0.2) is 12.3 Å². The van der Waals surface area contributed by atoms with E-state index < -0.39 is 5.97 Å². The van der Waals surface area contributed by atoms with Crippen LogP contribution in [-0.4, -0.2) is 23.5 Å². The highest BCUT2D eigenvalue weighted by molar-refractivity contribution is 6.01. The quantitative estimate of drug-likeness (QED) is 0.787. The van der Waals surface area contributed by atoms with E-state index in [-0.39, 0.29) is 5.91 Å². The number of hydrogen-bond acceptors (Lipinski definition) is 4. The van der Waals surface area contributed by atoms with Crippen LogP contribution in [0.2, 0.25) is 0 Å². The average molecular weight is 222 g/mol. The number of esters is 1. The Balaban J connectivity index is 3.11. The molecule has 0 aliphatic heterocycles. The first-order valence-electron chi connectivity index (χ1n) is 4.96. The highest BCUT2D eigenvalue weighted by Gasteiger charge is 2.15. The molecule has 0 atom stereocenters. The van der Waals surface area contributed by atoms with Gasteiger partial charge in [0.25, 0.3) is 0 Å². The van der Waals surface area contributed by atoms with E-state index >= 15 is 0 Å². The fourth-order valence-electron chi connectivity index (χ4n) is 1.28. The van der Waals surface area contributed by atoms with Crippen LogP contribution >= 0.6 is 0 Å². The number of ether oxygens (including phenoxy) is 1. The van der Waals surface area contributed by atoms with Crippen molar-refractivity contribution in [2.24, 2.45) is 0 Å². The molecular weight excluding hydrogens is 208 g/mol. The first kappa shape index (κ1) is 12.2. The number of rotatable bonds is 3. The summed E-state index contributed by atoms with van der Waals surface area (Å²) in [6.07, 6.45) is 1.51. The molecular formula is C11H14N2O3. The highest BCUT2D eigenvalue weighted by atomic mass is 16.5. The number of amides is 1. The van der Waals surface area contributed by atoms with Crippen LogP contribution in [0.4, 0.5) is 5.69 Å². The molecule has 5 heteroatoms. The molecule has 16 heavy (non-hydrogen) atoms. The SMILES string of the molecule is CCOC(=O)c1ccnc(C)c1NC(C)=O. The summed E-state index contributed by atoms with van der Waals surface area (Å²) in [6, 6.07) is 1.52. The average Bonchev–Trinajstić information content (AvgIpc) is 2.20. The Morgan fingerprint density at radius 3 is 2.75 bits per heavy atom. The van der Waals surface area contributed by atoms with Gasteiger partial charge in [0.2, 0.25) is 5.91 Å². The summed E-state index contributed by atoms with van der Waals surface area (Å²) in [5.41, 5.74) is 1.32. The molecule has 86 valence electrons. The molecule has 0 saturated heterocycles. The fraction of sp³-hybridized carbons (Fsp3) is 0.364. The minimum Gasteiger partial charge on any atom is -0.462 e. The number of nitrogens with zero attached hydrogens (tertiary/aromatic N) is 1.